The molecule has 132 valence electrons. The first-order chi connectivity index (χ1) is 12.6. The molecule has 1 aliphatic heterocycles. The maximum Gasteiger partial charge on any atom is 0.255 e. The van der Waals surface area contributed by atoms with Gasteiger partial charge in [-0.05, 0) is 61.1 Å². The predicted molar refractivity (Wildman–Crippen MR) is 107 cm³/mol. The molecule has 3 aromatic rings. The number of pyridine rings is 1. The molecule has 0 fully saturated rings. The monoisotopic (exact) mass is 365 g/mol. The van der Waals surface area contributed by atoms with E-state index in [9.17, 15) is 4.79 Å². The smallest absolute Gasteiger partial charge is 0.255 e. The van der Waals surface area contributed by atoms with Gasteiger partial charge in [0.1, 0.15) is 0 Å². The predicted octanol–water partition coefficient (Wildman–Crippen LogP) is 4.07. The van der Waals surface area contributed by atoms with Crippen molar-refractivity contribution in [1.82, 2.24) is 9.47 Å². The fourth-order valence-electron chi connectivity index (χ4n) is 3.40. The lowest BCUT2D eigenvalue weighted by Gasteiger charge is -2.25. The second-order valence-corrected chi connectivity index (χ2v) is 7.02. The summed E-state index contributed by atoms with van der Waals surface area (Å²) in [6, 6.07) is 19.4. The van der Waals surface area contributed by atoms with Crippen molar-refractivity contribution >= 4 is 23.0 Å². The van der Waals surface area contributed by atoms with Crippen LogP contribution in [-0.4, -0.2) is 29.6 Å². The van der Waals surface area contributed by atoms with Crippen LogP contribution >= 0.6 is 11.6 Å². The minimum absolute atomic E-state index is 0.0241. The van der Waals surface area contributed by atoms with E-state index >= 15 is 0 Å². The summed E-state index contributed by atoms with van der Waals surface area (Å²) in [5.74, 6) is 0. The van der Waals surface area contributed by atoms with E-state index in [-0.39, 0.29) is 5.56 Å². The summed E-state index contributed by atoms with van der Waals surface area (Å²) in [5, 5.41) is 0.736. The van der Waals surface area contributed by atoms with Crippen LogP contribution in [0.3, 0.4) is 0 Å². The van der Waals surface area contributed by atoms with Gasteiger partial charge in [0.05, 0.1) is 0 Å². The summed E-state index contributed by atoms with van der Waals surface area (Å²) in [5.41, 5.74) is 4.36. The molecule has 0 spiro atoms. The summed E-state index contributed by atoms with van der Waals surface area (Å²) in [7, 11) is 2.12. The van der Waals surface area contributed by atoms with E-state index in [1.54, 1.807) is 22.9 Å². The minimum atomic E-state index is -0.0241. The van der Waals surface area contributed by atoms with Gasteiger partial charge in [0, 0.05) is 54.0 Å². The number of benzene rings is 2. The molecule has 0 N–H and O–H groups in total. The second-order valence-electron chi connectivity index (χ2n) is 6.59. The number of likely N-dealkylation sites (N-methyl/N-ethyl adjacent to an activating group) is 1. The highest BCUT2D eigenvalue weighted by Crippen LogP contribution is 2.33. The van der Waals surface area contributed by atoms with Gasteiger partial charge in [0.25, 0.3) is 5.56 Å². The van der Waals surface area contributed by atoms with E-state index in [2.05, 4.69) is 29.0 Å². The Hall–Kier alpha value is -2.56. The molecule has 0 radical (unpaired) electrons. The zero-order valence-corrected chi connectivity index (χ0v) is 15.4. The van der Waals surface area contributed by atoms with E-state index in [1.165, 1.54) is 11.3 Å². The first-order valence-electron chi connectivity index (χ1n) is 8.64. The number of hydrogen-bond acceptors (Lipinski definition) is 3. The van der Waals surface area contributed by atoms with Crippen LogP contribution in [0.25, 0.3) is 5.69 Å². The fourth-order valence-corrected chi connectivity index (χ4v) is 3.53. The van der Waals surface area contributed by atoms with Gasteiger partial charge < -0.3 is 9.80 Å². The highest BCUT2D eigenvalue weighted by molar-refractivity contribution is 6.30. The highest BCUT2D eigenvalue weighted by atomic mass is 35.5. The third kappa shape index (κ3) is 3.26. The van der Waals surface area contributed by atoms with Crippen molar-refractivity contribution in [3.8, 4) is 5.69 Å². The minimum Gasteiger partial charge on any atom is -0.340 e. The first kappa shape index (κ1) is 16.9. The van der Waals surface area contributed by atoms with Crippen LogP contribution in [0.1, 0.15) is 5.56 Å². The molecule has 2 heterocycles. The van der Waals surface area contributed by atoms with Gasteiger partial charge in [0.15, 0.2) is 0 Å². The number of halogens is 1. The van der Waals surface area contributed by atoms with Gasteiger partial charge in [-0.2, -0.15) is 0 Å². The number of rotatable bonds is 2. The van der Waals surface area contributed by atoms with Crippen molar-refractivity contribution in [2.24, 2.45) is 0 Å². The molecular formula is C21H20ClN3O. The molecule has 26 heavy (non-hydrogen) atoms. The Kier molecular flexibility index (Phi) is 4.53. The highest BCUT2D eigenvalue weighted by Gasteiger charge is 2.20. The van der Waals surface area contributed by atoms with Gasteiger partial charge in [-0.25, -0.2) is 0 Å². The van der Waals surface area contributed by atoms with Crippen LogP contribution in [0.2, 0.25) is 5.02 Å². The summed E-state index contributed by atoms with van der Waals surface area (Å²) in [6.45, 7) is 2.70. The normalized spacial score (nSPS) is 14.8. The van der Waals surface area contributed by atoms with Crippen LogP contribution in [0.15, 0.2) is 71.7 Å². The number of fused-ring (bicyclic) bond motifs is 1. The van der Waals surface area contributed by atoms with E-state index < -0.39 is 0 Å². The standard InChI is InChI=1S/C21H20ClN3O/c1-23-12-13-24(18-7-5-17(22)6-8-18)20-10-9-19(14-16(20)15-23)25-11-3-2-4-21(25)26/h2-11,14H,12-13,15H2,1H3. The lowest BCUT2D eigenvalue weighted by atomic mass is 10.1. The van der Waals surface area contributed by atoms with Crippen LogP contribution in [0.5, 0.6) is 0 Å². The largest absolute Gasteiger partial charge is 0.340 e. The molecule has 2 aromatic carbocycles. The topological polar surface area (TPSA) is 28.5 Å². The van der Waals surface area contributed by atoms with Crippen molar-refractivity contribution in [2.45, 2.75) is 6.54 Å². The molecular weight excluding hydrogens is 346 g/mol. The van der Waals surface area contributed by atoms with Crippen LogP contribution < -0.4 is 10.5 Å². The van der Waals surface area contributed by atoms with Crippen molar-refractivity contribution in [3.05, 3.63) is 87.8 Å². The van der Waals surface area contributed by atoms with E-state index in [0.717, 1.165) is 36.0 Å². The van der Waals surface area contributed by atoms with Gasteiger partial charge in [-0.15, -0.1) is 0 Å². The molecule has 0 bridgehead atoms. The average Bonchev–Trinajstić information content (AvgIpc) is 2.80. The van der Waals surface area contributed by atoms with Gasteiger partial charge in [-0.1, -0.05) is 17.7 Å². The summed E-state index contributed by atoms with van der Waals surface area (Å²) >= 11 is 6.05. The Balaban J connectivity index is 1.81. The first-order valence-corrected chi connectivity index (χ1v) is 9.02. The molecule has 0 saturated carbocycles. The quantitative estimate of drug-likeness (QED) is 0.685. The lowest BCUT2D eigenvalue weighted by molar-refractivity contribution is 0.343. The van der Waals surface area contributed by atoms with E-state index in [0.29, 0.717) is 0 Å². The maximum absolute atomic E-state index is 12.2. The van der Waals surface area contributed by atoms with E-state index in [1.807, 2.05) is 36.4 Å². The van der Waals surface area contributed by atoms with Crippen molar-refractivity contribution in [2.75, 3.05) is 25.0 Å². The van der Waals surface area contributed by atoms with E-state index in [4.69, 9.17) is 11.6 Å². The molecule has 0 saturated heterocycles. The molecule has 0 unspecified atom stereocenters. The third-order valence-electron chi connectivity index (χ3n) is 4.74. The third-order valence-corrected chi connectivity index (χ3v) is 4.99. The molecule has 1 aliphatic rings. The summed E-state index contributed by atoms with van der Waals surface area (Å²) < 4.78 is 1.68. The Morgan fingerprint density at radius 2 is 1.69 bits per heavy atom. The number of nitrogens with zero attached hydrogens (tertiary/aromatic N) is 3. The molecule has 5 heteroatoms. The molecule has 4 rings (SSSR count). The molecule has 0 amide bonds. The Morgan fingerprint density at radius 3 is 2.46 bits per heavy atom. The van der Waals surface area contributed by atoms with Crippen LogP contribution in [-0.2, 0) is 6.54 Å². The molecule has 0 aliphatic carbocycles. The lowest BCUT2D eigenvalue weighted by Crippen LogP contribution is -2.26. The van der Waals surface area contributed by atoms with Gasteiger partial charge in [0.2, 0.25) is 0 Å². The second kappa shape index (κ2) is 6.98. The molecule has 1 aromatic heterocycles. The molecule has 0 atom stereocenters. The Bertz CT molecular complexity index is 981. The van der Waals surface area contributed by atoms with Crippen molar-refractivity contribution in [3.63, 3.8) is 0 Å². The van der Waals surface area contributed by atoms with Gasteiger partial charge in [-0.3, -0.25) is 9.36 Å². The van der Waals surface area contributed by atoms with Gasteiger partial charge >= 0.3 is 0 Å². The van der Waals surface area contributed by atoms with Crippen molar-refractivity contribution < 1.29 is 0 Å². The Labute approximate surface area is 157 Å². The Morgan fingerprint density at radius 1 is 0.923 bits per heavy atom. The number of hydrogen-bond donors (Lipinski definition) is 0. The SMILES string of the molecule is CN1CCN(c2ccc(Cl)cc2)c2ccc(-n3ccccc3=O)cc2C1. The van der Waals surface area contributed by atoms with Crippen LogP contribution in [0, 0.1) is 0 Å². The number of anilines is 2. The van der Waals surface area contributed by atoms with Crippen LogP contribution in [0.4, 0.5) is 11.4 Å². The van der Waals surface area contributed by atoms with Crippen molar-refractivity contribution in [1.29, 1.82) is 0 Å². The number of aromatic nitrogens is 1. The average molecular weight is 366 g/mol. The molecule has 4 nitrogen and oxygen atoms in total. The summed E-state index contributed by atoms with van der Waals surface area (Å²) in [6.07, 6.45) is 1.81. The zero-order chi connectivity index (χ0) is 18.1. The maximum atomic E-state index is 12.2. The fraction of sp³-hybridized carbons (Fsp3) is 0.190. The zero-order valence-electron chi connectivity index (χ0n) is 14.6. The summed E-state index contributed by atoms with van der Waals surface area (Å²) in [4.78, 5) is 16.8.